The number of carbonyl (C=O) groups is 1. The van der Waals surface area contributed by atoms with Gasteiger partial charge < -0.3 is 5.32 Å². The Hall–Kier alpha value is -1.89. The molecular formula is C13H15N3O. The molecule has 17 heavy (non-hydrogen) atoms. The Morgan fingerprint density at radius 1 is 1.65 bits per heavy atom. The molecule has 0 radical (unpaired) electrons. The van der Waals surface area contributed by atoms with Gasteiger partial charge in [0.1, 0.15) is 5.41 Å². The summed E-state index contributed by atoms with van der Waals surface area (Å²) in [4.78, 5) is 16.1. The van der Waals surface area contributed by atoms with Crippen molar-refractivity contribution in [3.8, 4) is 6.07 Å². The predicted octanol–water partition coefficient (Wildman–Crippen LogP) is 1.64. The van der Waals surface area contributed by atoms with Crippen LogP contribution >= 0.6 is 0 Å². The molecule has 1 aromatic heterocycles. The van der Waals surface area contributed by atoms with Crippen molar-refractivity contribution >= 4 is 5.91 Å². The highest BCUT2D eigenvalue weighted by Crippen LogP contribution is 2.45. The number of pyridine rings is 1. The number of nitrogens with one attached hydrogen (secondary N) is 1. The van der Waals surface area contributed by atoms with E-state index in [1.807, 2.05) is 18.2 Å². The highest BCUT2D eigenvalue weighted by Gasteiger charge is 2.48. The molecule has 1 aromatic rings. The van der Waals surface area contributed by atoms with E-state index in [0.29, 0.717) is 25.3 Å². The lowest BCUT2D eigenvalue weighted by Crippen LogP contribution is -2.47. The van der Waals surface area contributed by atoms with E-state index < -0.39 is 5.41 Å². The summed E-state index contributed by atoms with van der Waals surface area (Å²) in [5.74, 6) is 0.305. The minimum atomic E-state index is -0.797. The molecule has 0 saturated heterocycles. The summed E-state index contributed by atoms with van der Waals surface area (Å²) < 4.78 is 0. The van der Waals surface area contributed by atoms with Crippen LogP contribution in [0.2, 0.25) is 0 Å². The van der Waals surface area contributed by atoms with Gasteiger partial charge in [0, 0.05) is 6.20 Å². The number of amides is 1. The van der Waals surface area contributed by atoms with Crippen molar-refractivity contribution < 1.29 is 4.79 Å². The molecule has 1 fully saturated rings. The number of nitriles is 1. The van der Waals surface area contributed by atoms with Crippen LogP contribution < -0.4 is 5.32 Å². The maximum absolute atomic E-state index is 11.9. The third kappa shape index (κ3) is 2.28. The van der Waals surface area contributed by atoms with E-state index in [2.05, 4.69) is 23.3 Å². The number of nitrogens with zero attached hydrogens (tertiary/aromatic N) is 2. The number of aromatic nitrogens is 1. The van der Waals surface area contributed by atoms with Crippen molar-refractivity contribution in [2.75, 3.05) is 0 Å². The van der Waals surface area contributed by atoms with Gasteiger partial charge in [-0.2, -0.15) is 5.26 Å². The Morgan fingerprint density at radius 3 is 2.94 bits per heavy atom. The fraction of sp³-hybridized carbons (Fsp3) is 0.462. The Balaban J connectivity index is 1.92. The van der Waals surface area contributed by atoms with E-state index in [-0.39, 0.29) is 5.91 Å². The Bertz CT molecular complexity index is 443. The molecule has 1 heterocycles. The zero-order chi connectivity index (χ0) is 12.3. The molecule has 4 nitrogen and oxygen atoms in total. The zero-order valence-corrected chi connectivity index (χ0v) is 9.81. The third-order valence-electron chi connectivity index (χ3n) is 3.20. The van der Waals surface area contributed by atoms with Gasteiger partial charge in [-0.15, -0.1) is 0 Å². The number of carbonyl (C=O) groups excluding carboxylic acids is 1. The molecule has 1 aliphatic rings. The minimum Gasteiger partial charge on any atom is -0.349 e. The van der Waals surface area contributed by atoms with E-state index in [1.165, 1.54) is 0 Å². The average Bonchev–Trinajstić information content (AvgIpc) is 2.33. The van der Waals surface area contributed by atoms with Crippen LogP contribution in [0.3, 0.4) is 0 Å². The monoisotopic (exact) mass is 229 g/mol. The van der Waals surface area contributed by atoms with Crippen LogP contribution in [0.5, 0.6) is 0 Å². The van der Waals surface area contributed by atoms with Gasteiger partial charge in [0.05, 0.1) is 18.3 Å². The highest BCUT2D eigenvalue weighted by molar-refractivity contribution is 5.86. The van der Waals surface area contributed by atoms with E-state index in [9.17, 15) is 4.79 Å². The molecule has 0 aromatic carbocycles. The third-order valence-corrected chi connectivity index (χ3v) is 3.20. The Labute approximate surface area is 101 Å². The fourth-order valence-electron chi connectivity index (χ4n) is 2.30. The van der Waals surface area contributed by atoms with Crippen molar-refractivity contribution in [1.29, 1.82) is 5.26 Å². The largest absolute Gasteiger partial charge is 0.349 e. The molecule has 1 amide bonds. The molecule has 1 saturated carbocycles. The summed E-state index contributed by atoms with van der Waals surface area (Å²) in [6.07, 6.45) is 3.02. The first-order valence-corrected chi connectivity index (χ1v) is 5.76. The smallest absolute Gasteiger partial charge is 0.240 e. The molecule has 2 rings (SSSR count). The number of hydrogen-bond acceptors (Lipinski definition) is 3. The summed E-state index contributed by atoms with van der Waals surface area (Å²) in [7, 11) is 0. The molecular weight excluding hydrogens is 214 g/mol. The molecule has 0 aliphatic heterocycles. The van der Waals surface area contributed by atoms with Crippen molar-refractivity contribution in [2.45, 2.75) is 26.3 Å². The lowest BCUT2D eigenvalue weighted by atomic mass is 9.63. The fourth-order valence-corrected chi connectivity index (χ4v) is 2.30. The second kappa shape index (κ2) is 4.54. The lowest BCUT2D eigenvalue weighted by molar-refractivity contribution is -0.134. The molecule has 1 N–H and O–H groups in total. The lowest BCUT2D eigenvalue weighted by Gasteiger charge is -2.39. The number of rotatable bonds is 3. The maximum atomic E-state index is 11.9. The van der Waals surface area contributed by atoms with Gasteiger partial charge in [-0.25, -0.2) is 0 Å². The standard InChI is InChI=1S/C13H15N3O/c1-10-6-13(7-10,9-14)12(17)16-8-11-4-2-3-5-15-11/h2-5,10H,6-8H2,1H3,(H,16,17). The Morgan fingerprint density at radius 2 is 2.41 bits per heavy atom. The minimum absolute atomic E-state index is 0.163. The summed E-state index contributed by atoms with van der Waals surface area (Å²) in [6, 6.07) is 7.70. The number of hydrogen-bond donors (Lipinski definition) is 1. The van der Waals surface area contributed by atoms with Crippen LogP contribution in [0.15, 0.2) is 24.4 Å². The normalized spacial score (nSPS) is 26.7. The zero-order valence-electron chi connectivity index (χ0n) is 9.81. The molecule has 0 bridgehead atoms. The van der Waals surface area contributed by atoms with Crippen molar-refractivity contribution in [3.05, 3.63) is 30.1 Å². The van der Waals surface area contributed by atoms with E-state index in [1.54, 1.807) is 6.20 Å². The van der Waals surface area contributed by atoms with Crippen LogP contribution in [-0.2, 0) is 11.3 Å². The van der Waals surface area contributed by atoms with Gasteiger partial charge in [-0.05, 0) is 30.9 Å². The summed E-state index contributed by atoms with van der Waals surface area (Å²) >= 11 is 0. The van der Waals surface area contributed by atoms with Crippen molar-refractivity contribution in [1.82, 2.24) is 10.3 Å². The summed E-state index contributed by atoms with van der Waals surface area (Å²) in [6.45, 7) is 2.44. The highest BCUT2D eigenvalue weighted by atomic mass is 16.2. The molecule has 0 unspecified atom stereocenters. The van der Waals surface area contributed by atoms with E-state index in [0.717, 1.165) is 5.69 Å². The van der Waals surface area contributed by atoms with Crippen LogP contribution in [0.25, 0.3) is 0 Å². The van der Waals surface area contributed by atoms with Gasteiger partial charge in [0.15, 0.2) is 0 Å². The SMILES string of the molecule is CC1CC(C#N)(C(=O)NCc2ccccn2)C1. The first kappa shape index (κ1) is 11.6. The van der Waals surface area contributed by atoms with Crippen LogP contribution in [-0.4, -0.2) is 10.9 Å². The summed E-state index contributed by atoms with van der Waals surface area (Å²) in [5.41, 5.74) is 0.00935. The van der Waals surface area contributed by atoms with Crippen LogP contribution in [0.1, 0.15) is 25.5 Å². The predicted molar refractivity (Wildman–Crippen MR) is 62.5 cm³/mol. The van der Waals surface area contributed by atoms with Crippen LogP contribution in [0.4, 0.5) is 0 Å². The first-order valence-electron chi connectivity index (χ1n) is 5.76. The molecule has 0 spiro atoms. The van der Waals surface area contributed by atoms with Gasteiger partial charge >= 0.3 is 0 Å². The van der Waals surface area contributed by atoms with E-state index in [4.69, 9.17) is 5.26 Å². The van der Waals surface area contributed by atoms with Gasteiger partial charge in [0.25, 0.3) is 0 Å². The summed E-state index contributed by atoms with van der Waals surface area (Å²) in [5, 5.41) is 11.9. The Kier molecular flexibility index (Phi) is 3.10. The topological polar surface area (TPSA) is 65.8 Å². The van der Waals surface area contributed by atoms with Gasteiger partial charge in [0.2, 0.25) is 5.91 Å². The van der Waals surface area contributed by atoms with E-state index >= 15 is 0 Å². The molecule has 4 heteroatoms. The van der Waals surface area contributed by atoms with Crippen LogP contribution in [0, 0.1) is 22.7 Å². The maximum Gasteiger partial charge on any atom is 0.240 e. The molecule has 88 valence electrons. The quantitative estimate of drug-likeness (QED) is 0.856. The van der Waals surface area contributed by atoms with Gasteiger partial charge in [-0.3, -0.25) is 9.78 Å². The average molecular weight is 229 g/mol. The second-order valence-electron chi connectivity index (χ2n) is 4.71. The van der Waals surface area contributed by atoms with Crippen molar-refractivity contribution in [2.24, 2.45) is 11.3 Å². The molecule has 0 atom stereocenters. The first-order chi connectivity index (χ1) is 8.16. The molecule has 1 aliphatic carbocycles. The second-order valence-corrected chi connectivity index (χ2v) is 4.71. The van der Waals surface area contributed by atoms with Crippen molar-refractivity contribution in [3.63, 3.8) is 0 Å². The van der Waals surface area contributed by atoms with Gasteiger partial charge in [-0.1, -0.05) is 13.0 Å².